The lowest BCUT2D eigenvalue weighted by atomic mass is 9.84. The summed E-state index contributed by atoms with van der Waals surface area (Å²) in [5.41, 5.74) is 1.84. The molecule has 0 aromatic heterocycles. The molecule has 0 saturated heterocycles. The zero-order valence-corrected chi connectivity index (χ0v) is 19.0. The highest BCUT2D eigenvalue weighted by atomic mass is 31.2. The van der Waals surface area contributed by atoms with Crippen molar-refractivity contribution in [3.8, 4) is 0 Å². The van der Waals surface area contributed by atoms with Crippen molar-refractivity contribution >= 4 is 7.60 Å². The number of hydrogen-bond acceptors (Lipinski definition) is 7. The van der Waals surface area contributed by atoms with Gasteiger partial charge < -0.3 is 29.5 Å². The Labute approximate surface area is 193 Å². The molecular weight excluding hydrogens is 443 g/mol. The van der Waals surface area contributed by atoms with Crippen LogP contribution in [0.25, 0.3) is 0 Å². The minimum absolute atomic E-state index is 0.461. The Hall–Kier alpha value is -2.35. The summed E-state index contributed by atoms with van der Waals surface area (Å²) < 4.78 is 26.5. The molecule has 3 rings (SSSR count). The van der Waals surface area contributed by atoms with Gasteiger partial charge in [-0.1, -0.05) is 91.0 Å². The van der Waals surface area contributed by atoms with Gasteiger partial charge in [-0.25, -0.2) is 0 Å². The van der Waals surface area contributed by atoms with E-state index in [0.717, 1.165) is 0 Å². The second kappa shape index (κ2) is 11.7. The zero-order valence-electron chi connectivity index (χ0n) is 18.1. The SMILES string of the molecule is O=P(OCC(O)CO)(OCC(O)CO)C(c1ccccc1)(c1ccccc1)c1ccccc1. The molecule has 2 atom stereocenters. The smallest absolute Gasteiger partial charge is 0.350 e. The Morgan fingerprint density at radius 3 is 1.21 bits per heavy atom. The van der Waals surface area contributed by atoms with Gasteiger partial charge in [-0.05, 0) is 16.7 Å². The van der Waals surface area contributed by atoms with E-state index < -0.39 is 51.4 Å². The monoisotopic (exact) mass is 472 g/mol. The average molecular weight is 472 g/mol. The van der Waals surface area contributed by atoms with Crippen LogP contribution in [0.2, 0.25) is 0 Å². The first kappa shape index (κ1) is 25.3. The van der Waals surface area contributed by atoms with E-state index in [1.54, 1.807) is 0 Å². The summed E-state index contributed by atoms with van der Waals surface area (Å²) in [6, 6.07) is 27.2. The van der Waals surface area contributed by atoms with Crippen molar-refractivity contribution in [1.29, 1.82) is 0 Å². The lowest BCUT2D eigenvalue weighted by molar-refractivity contribution is 0.0262. The van der Waals surface area contributed by atoms with Crippen LogP contribution >= 0.6 is 7.60 Å². The Balaban J connectivity index is 2.33. The topological polar surface area (TPSA) is 116 Å². The van der Waals surface area contributed by atoms with Crippen molar-refractivity contribution in [2.75, 3.05) is 26.4 Å². The zero-order chi connectivity index (χ0) is 23.7. The Kier molecular flexibility index (Phi) is 8.95. The summed E-state index contributed by atoms with van der Waals surface area (Å²) in [6.07, 6.45) is -2.57. The third-order valence-electron chi connectivity index (χ3n) is 5.28. The van der Waals surface area contributed by atoms with Gasteiger partial charge in [0.15, 0.2) is 0 Å². The maximum absolute atomic E-state index is 14.8. The molecule has 0 amide bonds. The minimum Gasteiger partial charge on any atom is -0.394 e. The van der Waals surface area contributed by atoms with E-state index in [1.165, 1.54) is 0 Å². The van der Waals surface area contributed by atoms with Gasteiger partial charge in [-0.3, -0.25) is 4.57 Å². The molecule has 7 nitrogen and oxygen atoms in total. The molecule has 0 aliphatic rings. The van der Waals surface area contributed by atoms with E-state index in [2.05, 4.69) is 0 Å². The quantitative estimate of drug-likeness (QED) is 0.237. The second-order valence-electron chi connectivity index (χ2n) is 7.57. The highest BCUT2D eigenvalue weighted by Crippen LogP contribution is 2.70. The van der Waals surface area contributed by atoms with Crippen LogP contribution in [0.1, 0.15) is 16.7 Å². The summed E-state index contributed by atoms with van der Waals surface area (Å²) in [7, 11) is -4.30. The van der Waals surface area contributed by atoms with E-state index in [-0.39, 0.29) is 0 Å². The summed E-state index contributed by atoms with van der Waals surface area (Å²) in [5, 5.41) is 37.1. The van der Waals surface area contributed by atoms with Gasteiger partial charge in [0.1, 0.15) is 17.4 Å². The van der Waals surface area contributed by atoms with Gasteiger partial charge in [0.05, 0.1) is 26.4 Å². The molecule has 0 bridgehead atoms. The molecule has 0 heterocycles. The summed E-state index contributed by atoms with van der Waals surface area (Å²) >= 11 is 0. The first-order chi connectivity index (χ1) is 16.0. The molecule has 33 heavy (non-hydrogen) atoms. The lowest BCUT2D eigenvalue weighted by Gasteiger charge is -2.41. The summed E-state index contributed by atoms with van der Waals surface area (Å²) in [6.45, 7) is -2.10. The fourth-order valence-electron chi connectivity index (χ4n) is 3.72. The lowest BCUT2D eigenvalue weighted by Crippen LogP contribution is -2.34. The maximum Gasteiger partial charge on any atom is 0.350 e. The van der Waals surface area contributed by atoms with E-state index in [0.29, 0.717) is 16.7 Å². The number of aliphatic hydroxyl groups excluding tert-OH is 4. The van der Waals surface area contributed by atoms with E-state index in [9.17, 15) is 25.0 Å². The third-order valence-corrected chi connectivity index (χ3v) is 7.85. The van der Waals surface area contributed by atoms with Gasteiger partial charge in [-0.15, -0.1) is 0 Å². The van der Waals surface area contributed by atoms with Crippen molar-refractivity contribution in [2.45, 2.75) is 17.4 Å². The molecule has 0 saturated carbocycles. The molecule has 0 aliphatic carbocycles. The first-order valence-electron chi connectivity index (χ1n) is 10.6. The predicted molar refractivity (Wildman–Crippen MR) is 125 cm³/mol. The van der Waals surface area contributed by atoms with Gasteiger partial charge in [-0.2, -0.15) is 0 Å². The predicted octanol–water partition coefficient (Wildman–Crippen LogP) is 2.91. The van der Waals surface area contributed by atoms with Gasteiger partial charge in [0.2, 0.25) is 0 Å². The number of aliphatic hydroxyl groups is 4. The molecule has 2 unspecified atom stereocenters. The molecule has 8 heteroatoms. The molecular formula is C25H29O7P. The van der Waals surface area contributed by atoms with Crippen LogP contribution in [0.3, 0.4) is 0 Å². The van der Waals surface area contributed by atoms with Crippen LogP contribution in [-0.2, 0) is 18.8 Å². The first-order valence-corrected chi connectivity index (χ1v) is 12.2. The molecule has 176 valence electrons. The van der Waals surface area contributed by atoms with E-state index >= 15 is 0 Å². The van der Waals surface area contributed by atoms with Gasteiger partial charge >= 0.3 is 7.60 Å². The summed E-state index contributed by atoms with van der Waals surface area (Å²) in [4.78, 5) is 0. The number of hydrogen-bond donors (Lipinski definition) is 4. The number of benzene rings is 3. The van der Waals surface area contributed by atoms with Crippen molar-refractivity contribution in [2.24, 2.45) is 0 Å². The molecule has 0 radical (unpaired) electrons. The Morgan fingerprint density at radius 2 is 0.939 bits per heavy atom. The van der Waals surface area contributed by atoms with Crippen LogP contribution in [0.4, 0.5) is 0 Å². The summed E-state index contributed by atoms with van der Waals surface area (Å²) in [5.74, 6) is 0. The minimum atomic E-state index is -4.30. The molecule has 0 fully saturated rings. The molecule has 4 N–H and O–H groups in total. The number of rotatable bonds is 12. The molecule has 0 spiro atoms. The molecule has 3 aromatic carbocycles. The largest absolute Gasteiger partial charge is 0.394 e. The highest BCUT2D eigenvalue weighted by molar-refractivity contribution is 7.55. The fraction of sp³-hybridized carbons (Fsp3) is 0.280. The molecule has 0 aliphatic heterocycles. The van der Waals surface area contributed by atoms with Crippen LogP contribution < -0.4 is 0 Å². The van der Waals surface area contributed by atoms with E-state index in [1.807, 2.05) is 91.0 Å². The van der Waals surface area contributed by atoms with Crippen molar-refractivity contribution in [1.82, 2.24) is 0 Å². The van der Waals surface area contributed by atoms with Gasteiger partial charge in [0, 0.05) is 0 Å². The van der Waals surface area contributed by atoms with Crippen molar-refractivity contribution in [3.05, 3.63) is 108 Å². The van der Waals surface area contributed by atoms with Crippen molar-refractivity contribution in [3.63, 3.8) is 0 Å². The fourth-order valence-corrected chi connectivity index (χ4v) is 6.31. The van der Waals surface area contributed by atoms with Crippen LogP contribution in [0, 0.1) is 0 Å². The van der Waals surface area contributed by atoms with E-state index in [4.69, 9.17) is 9.05 Å². The normalized spacial score (nSPS) is 15.5. The van der Waals surface area contributed by atoms with Crippen LogP contribution in [0.5, 0.6) is 0 Å². The highest BCUT2D eigenvalue weighted by Gasteiger charge is 2.55. The maximum atomic E-state index is 14.8. The van der Waals surface area contributed by atoms with Crippen LogP contribution in [0.15, 0.2) is 91.0 Å². The Morgan fingerprint density at radius 1 is 0.636 bits per heavy atom. The Bertz CT molecular complexity index is 900. The van der Waals surface area contributed by atoms with Crippen molar-refractivity contribution < 1.29 is 34.0 Å². The molecule has 3 aromatic rings. The van der Waals surface area contributed by atoms with Gasteiger partial charge in [0.25, 0.3) is 0 Å². The third kappa shape index (κ3) is 5.42. The second-order valence-corrected chi connectivity index (χ2v) is 9.75. The van der Waals surface area contributed by atoms with Crippen LogP contribution in [-0.4, -0.2) is 59.1 Å². The standard InChI is InChI=1S/C25H29O7P/c26-16-23(28)18-31-33(30,32-19-24(29)17-27)25(20-10-4-1-5-11-20,21-12-6-2-7-13-21)22-14-8-3-9-15-22/h1-15,23-24,26-29H,16-19H2. The average Bonchev–Trinajstić information content (AvgIpc) is 2.88.